The van der Waals surface area contributed by atoms with E-state index in [1.165, 1.54) is 19.2 Å². The summed E-state index contributed by atoms with van der Waals surface area (Å²) in [7, 11) is -1.71. The maximum absolute atomic E-state index is 13.8. The fourth-order valence-electron chi connectivity index (χ4n) is 1.94. The first-order chi connectivity index (χ1) is 11.0. The summed E-state index contributed by atoms with van der Waals surface area (Å²) in [5.41, 5.74) is 0.293. The molecular weight excluding hydrogens is 336 g/mol. The van der Waals surface area contributed by atoms with Gasteiger partial charge in [0.2, 0.25) is 0 Å². The van der Waals surface area contributed by atoms with Crippen LogP contribution in [0.2, 0.25) is 0 Å². The van der Waals surface area contributed by atoms with Crippen molar-refractivity contribution in [1.29, 1.82) is 0 Å². The van der Waals surface area contributed by atoms with Gasteiger partial charge in [0.15, 0.2) is 15.8 Å². The van der Waals surface area contributed by atoms with E-state index >= 15 is 0 Å². The zero-order valence-corrected chi connectivity index (χ0v) is 15.5. The SMILES string of the molecule is CN=C(NCCS(=O)(=O)C(C)(C)C)NC(C)c1ccc(F)cc1F. The molecule has 0 fully saturated rings. The van der Waals surface area contributed by atoms with E-state index in [0.29, 0.717) is 11.5 Å². The van der Waals surface area contributed by atoms with Crippen LogP contribution < -0.4 is 10.6 Å². The summed E-state index contributed by atoms with van der Waals surface area (Å²) < 4.78 is 50.0. The first-order valence-electron chi connectivity index (χ1n) is 7.62. The van der Waals surface area contributed by atoms with Gasteiger partial charge in [-0.25, -0.2) is 17.2 Å². The van der Waals surface area contributed by atoms with Crippen molar-refractivity contribution in [3.63, 3.8) is 0 Å². The summed E-state index contributed by atoms with van der Waals surface area (Å²) >= 11 is 0. The van der Waals surface area contributed by atoms with Gasteiger partial charge in [-0.1, -0.05) is 6.07 Å². The monoisotopic (exact) mass is 361 g/mol. The van der Waals surface area contributed by atoms with E-state index in [9.17, 15) is 17.2 Å². The molecule has 0 aromatic heterocycles. The third kappa shape index (κ3) is 5.43. The van der Waals surface area contributed by atoms with Crippen LogP contribution in [0.5, 0.6) is 0 Å². The molecule has 0 aliphatic heterocycles. The Bertz CT molecular complexity index is 698. The van der Waals surface area contributed by atoms with E-state index in [1.54, 1.807) is 27.7 Å². The predicted octanol–water partition coefficient (Wildman–Crippen LogP) is 2.40. The maximum atomic E-state index is 13.8. The number of halogens is 2. The quantitative estimate of drug-likeness (QED) is 0.624. The van der Waals surface area contributed by atoms with Crippen LogP contribution in [0.1, 0.15) is 39.3 Å². The van der Waals surface area contributed by atoms with Crippen LogP contribution in [0.3, 0.4) is 0 Å². The Labute approximate surface area is 142 Å². The number of nitrogens with zero attached hydrogens (tertiary/aromatic N) is 1. The highest BCUT2D eigenvalue weighted by Crippen LogP contribution is 2.18. The largest absolute Gasteiger partial charge is 0.355 e. The van der Waals surface area contributed by atoms with Crippen LogP contribution in [-0.2, 0) is 9.84 Å². The molecule has 2 N–H and O–H groups in total. The number of sulfone groups is 1. The normalized spacial score (nSPS) is 14.4. The lowest BCUT2D eigenvalue weighted by molar-refractivity contribution is 0.550. The van der Waals surface area contributed by atoms with Gasteiger partial charge < -0.3 is 10.6 Å². The molecule has 0 bridgehead atoms. The maximum Gasteiger partial charge on any atom is 0.191 e. The van der Waals surface area contributed by atoms with Crippen molar-refractivity contribution in [2.45, 2.75) is 38.5 Å². The Morgan fingerprint density at radius 2 is 1.92 bits per heavy atom. The van der Waals surface area contributed by atoms with Crippen LogP contribution in [0.15, 0.2) is 23.2 Å². The van der Waals surface area contributed by atoms with Gasteiger partial charge in [0.25, 0.3) is 0 Å². The Kier molecular flexibility index (Phi) is 6.71. The third-order valence-electron chi connectivity index (χ3n) is 3.60. The summed E-state index contributed by atoms with van der Waals surface area (Å²) in [5, 5.41) is 5.84. The summed E-state index contributed by atoms with van der Waals surface area (Å²) in [5.74, 6) is -0.995. The van der Waals surface area contributed by atoms with Gasteiger partial charge in [0, 0.05) is 25.2 Å². The highest BCUT2D eigenvalue weighted by atomic mass is 32.2. The van der Waals surface area contributed by atoms with E-state index in [4.69, 9.17) is 0 Å². The molecule has 0 saturated heterocycles. The highest BCUT2D eigenvalue weighted by molar-refractivity contribution is 7.92. The van der Waals surface area contributed by atoms with Crippen LogP contribution in [-0.4, -0.2) is 38.5 Å². The van der Waals surface area contributed by atoms with E-state index in [0.717, 1.165) is 6.07 Å². The lowest BCUT2D eigenvalue weighted by Crippen LogP contribution is -2.42. The summed E-state index contributed by atoms with van der Waals surface area (Å²) in [6.07, 6.45) is 0. The molecule has 0 spiro atoms. The first-order valence-corrected chi connectivity index (χ1v) is 9.27. The molecule has 0 aliphatic carbocycles. The van der Waals surface area contributed by atoms with Crippen molar-refractivity contribution >= 4 is 15.8 Å². The van der Waals surface area contributed by atoms with Crippen molar-refractivity contribution in [3.05, 3.63) is 35.4 Å². The molecule has 0 radical (unpaired) electrons. The van der Waals surface area contributed by atoms with Gasteiger partial charge in [-0.15, -0.1) is 0 Å². The lowest BCUT2D eigenvalue weighted by Gasteiger charge is -2.21. The van der Waals surface area contributed by atoms with Crippen LogP contribution in [0.4, 0.5) is 8.78 Å². The van der Waals surface area contributed by atoms with Gasteiger partial charge in [0.05, 0.1) is 16.5 Å². The number of hydrogen-bond donors (Lipinski definition) is 2. The number of hydrogen-bond acceptors (Lipinski definition) is 3. The minimum atomic E-state index is -3.24. The van der Waals surface area contributed by atoms with E-state index in [-0.39, 0.29) is 12.3 Å². The fraction of sp³-hybridized carbons (Fsp3) is 0.562. The van der Waals surface area contributed by atoms with Crippen LogP contribution >= 0.6 is 0 Å². The Morgan fingerprint density at radius 3 is 2.42 bits per heavy atom. The van der Waals surface area contributed by atoms with Crippen molar-refractivity contribution < 1.29 is 17.2 Å². The molecule has 0 amide bonds. The predicted molar refractivity (Wildman–Crippen MR) is 92.8 cm³/mol. The van der Waals surface area contributed by atoms with Gasteiger partial charge >= 0.3 is 0 Å². The minimum absolute atomic E-state index is 0.0451. The van der Waals surface area contributed by atoms with E-state index in [2.05, 4.69) is 15.6 Å². The molecule has 5 nitrogen and oxygen atoms in total. The standard InChI is InChI=1S/C16H25F2N3O2S/c1-11(13-7-6-12(17)10-14(13)18)21-15(19-5)20-8-9-24(22,23)16(2,3)4/h6-7,10-11H,8-9H2,1-5H3,(H2,19,20,21). The van der Waals surface area contributed by atoms with Gasteiger partial charge in [-0.3, -0.25) is 4.99 Å². The van der Waals surface area contributed by atoms with Crippen molar-refractivity contribution in [1.82, 2.24) is 10.6 Å². The molecule has 0 aliphatic rings. The fourth-order valence-corrected chi connectivity index (χ4v) is 2.92. The summed E-state index contributed by atoms with van der Waals surface area (Å²) in [4.78, 5) is 3.99. The molecule has 1 atom stereocenters. The van der Waals surface area contributed by atoms with Gasteiger partial charge in [0.1, 0.15) is 11.6 Å². The van der Waals surface area contributed by atoms with Gasteiger partial charge in [-0.2, -0.15) is 0 Å². The molecular formula is C16H25F2N3O2S. The van der Waals surface area contributed by atoms with Crippen molar-refractivity contribution in [2.75, 3.05) is 19.3 Å². The number of benzene rings is 1. The summed E-state index contributed by atoms with van der Waals surface area (Å²) in [6.45, 7) is 6.82. The number of guanidine groups is 1. The van der Waals surface area contributed by atoms with E-state index in [1.807, 2.05) is 0 Å². The average molecular weight is 361 g/mol. The molecule has 1 rings (SSSR count). The zero-order chi connectivity index (χ0) is 18.5. The second kappa shape index (κ2) is 7.92. The summed E-state index contributed by atoms with van der Waals surface area (Å²) in [6, 6.07) is 2.90. The lowest BCUT2D eigenvalue weighted by atomic mass is 10.1. The van der Waals surface area contributed by atoms with Crippen LogP contribution in [0, 0.1) is 11.6 Å². The Hall–Kier alpha value is -1.70. The number of nitrogens with one attached hydrogen (secondary N) is 2. The van der Waals surface area contributed by atoms with Crippen LogP contribution in [0.25, 0.3) is 0 Å². The van der Waals surface area contributed by atoms with Crippen molar-refractivity contribution in [3.8, 4) is 0 Å². The smallest absolute Gasteiger partial charge is 0.191 e. The third-order valence-corrected chi connectivity index (χ3v) is 6.21. The molecule has 1 aromatic rings. The highest BCUT2D eigenvalue weighted by Gasteiger charge is 2.28. The molecule has 8 heteroatoms. The molecule has 0 saturated carbocycles. The molecule has 0 heterocycles. The molecule has 136 valence electrons. The molecule has 1 unspecified atom stereocenters. The Balaban J connectivity index is 2.66. The van der Waals surface area contributed by atoms with E-state index < -0.39 is 32.3 Å². The first kappa shape index (κ1) is 20.3. The minimum Gasteiger partial charge on any atom is -0.355 e. The topological polar surface area (TPSA) is 70.6 Å². The van der Waals surface area contributed by atoms with Gasteiger partial charge in [-0.05, 0) is 33.8 Å². The second-order valence-corrected chi connectivity index (χ2v) is 9.32. The zero-order valence-electron chi connectivity index (χ0n) is 14.7. The molecule has 24 heavy (non-hydrogen) atoms. The average Bonchev–Trinajstić information content (AvgIpc) is 2.44. The number of rotatable bonds is 5. The second-order valence-electron chi connectivity index (χ2n) is 6.46. The Morgan fingerprint density at radius 1 is 1.29 bits per heavy atom. The molecule has 1 aromatic carbocycles. The van der Waals surface area contributed by atoms with Crippen molar-refractivity contribution in [2.24, 2.45) is 4.99 Å². The number of aliphatic imine (C=N–C) groups is 1.